The van der Waals surface area contributed by atoms with Crippen molar-refractivity contribution in [3.8, 4) is 0 Å². The lowest BCUT2D eigenvalue weighted by atomic mass is 9.94. The summed E-state index contributed by atoms with van der Waals surface area (Å²) < 4.78 is 29.2. The first kappa shape index (κ1) is 27.6. The molecule has 5 rings (SSSR count). The van der Waals surface area contributed by atoms with Crippen molar-refractivity contribution in [3.05, 3.63) is 77.9 Å². The van der Waals surface area contributed by atoms with Gasteiger partial charge in [-0.15, -0.1) is 11.3 Å². The summed E-state index contributed by atoms with van der Waals surface area (Å²) in [6.45, 7) is 2.20. The number of rotatable bonds is 8. The fraction of sp³-hybridized carbons (Fsp3) is 0.400. The fourth-order valence-electron chi connectivity index (χ4n) is 4.73. The van der Waals surface area contributed by atoms with Gasteiger partial charge in [-0.1, -0.05) is 17.7 Å². The highest BCUT2D eigenvalue weighted by atomic mass is 35.5. The molecule has 1 saturated heterocycles. The number of methoxy groups -OCH3 is 1. The Bertz CT molecular complexity index is 1460. The van der Waals surface area contributed by atoms with E-state index in [2.05, 4.69) is 19.2 Å². The minimum Gasteiger partial charge on any atom is -0.466 e. The summed E-state index contributed by atoms with van der Waals surface area (Å²) in [6, 6.07) is 3.25. The van der Waals surface area contributed by atoms with Crippen LogP contribution >= 0.6 is 34.5 Å². The maximum atomic E-state index is 13.9. The van der Waals surface area contributed by atoms with E-state index in [4.69, 9.17) is 26.1 Å². The number of aromatic nitrogens is 3. The van der Waals surface area contributed by atoms with E-state index in [1.165, 1.54) is 30.6 Å². The molecule has 0 aliphatic carbocycles. The van der Waals surface area contributed by atoms with Gasteiger partial charge in [-0.25, -0.2) is 14.2 Å². The van der Waals surface area contributed by atoms with Crippen molar-refractivity contribution in [2.24, 2.45) is 4.99 Å². The van der Waals surface area contributed by atoms with Crippen molar-refractivity contribution in [2.45, 2.75) is 25.0 Å². The lowest BCUT2D eigenvalue weighted by molar-refractivity contribution is -0.136. The lowest BCUT2D eigenvalue weighted by Crippen LogP contribution is -2.47. The molecule has 39 heavy (non-hydrogen) atoms. The van der Waals surface area contributed by atoms with Crippen LogP contribution < -0.4 is 4.87 Å². The Morgan fingerprint density at radius 2 is 2.23 bits per heavy atom. The Morgan fingerprint density at radius 1 is 1.38 bits per heavy atom. The van der Waals surface area contributed by atoms with E-state index in [0.29, 0.717) is 72.6 Å². The Hall–Kier alpha value is -2.97. The minimum absolute atomic E-state index is 0.0746. The van der Waals surface area contributed by atoms with Crippen molar-refractivity contribution < 1.29 is 18.7 Å². The number of hydrogen-bond donors (Lipinski definition) is 1. The number of amidine groups is 1. The van der Waals surface area contributed by atoms with Gasteiger partial charge in [-0.2, -0.15) is 4.37 Å². The number of nitrogens with zero attached hydrogens (tertiary/aromatic N) is 5. The smallest absolute Gasteiger partial charge is 0.338 e. The number of ether oxygens (including phenoxy) is 2. The first-order chi connectivity index (χ1) is 18.8. The van der Waals surface area contributed by atoms with E-state index in [1.54, 1.807) is 12.3 Å². The van der Waals surface area contributed by atoms with Crippen LogP contribution in [0.25, 0.3) is 0 Å². The third-order valence-corrected chi connectivity index (χ3v) is 8.30. The molecule has 0 radical (unpaired) electrons. The Balaban J connectivity index is 1.47. The molecule has 2 aliphatic heterocycles. The van der Waals surface area contributed by atoms with E-state index in [9.17, 15) is 14.0 Å². The van der Waals surface area contributed by atoms with Gasteiger partial charge < -0.3 is 14.4 Å². The lowest BCUT2D eigenvalue weighted by Gasteiger charge is -2.38. The maximum absolute atomic E-state index is 13.9. The second kappa shape index (κ2) is 12.0. The molecule has 1 aromatic carbocycles. The molecule has 2 unspecified atom stereocenters. The van der Waals surface area contributed by atoms with E-state index < -0.39 is 17.8 Å². The number of aromatic amines is 1. The van der Waals surface area contributed by atoms with Crippen molar-refractivity contribution >= 4 is 46.3 Å². The predicted octanol–water partition coefficient (Wildman–Crippen LogP) is 3.27. The SMILES string of the molecule is COC(=O)C1=C(CN2CCOC(CCc3nsc(=O)[nH]3)C2)N(C)C(c2nccs2)=NC1c1ccc(F)cc1Cl. The average molecular weight is 593 g/mol. The first-order valence-electron chi connectivity index (χ1n) is 12.2. The van der Waals surface area contributed by atoms with Gasteiger partial charge in [0.2, 0.25) is 0 Å². The largest absolute Gasteiger partial charge is 0.466 e. The molecule has 2 aromatic heterocycles. The summed E-state index contributed by atoms with van der Waals surface area (Å²) >= 11 is 8.80. The molecule has 0 spiro atoms. The zero-order valence-electron chi connectivity index (χ0n) is 21.2. The molecule has 14 heteroatoms. The average Bonchev–Trinajstić information content (AvgIpc) is 3.60. The molecule has 0 bridgehead atoms. The number of H-pyrrole nitrogens is 1. The monoisotopic (exact) mass is 592 g/mol. The number of halogens is 2. The van der Waals surface area contributed by atoms with E-state index >= 15 is 0 Å². The standard InChI is InChI=1S/C25H26ClFN6O4S2/c1-32-18(13-33-8-9-37-15(12-33)4-6-19-29-25(35)39-31-19)20(24(34)36-2)21(16-5-3-14(27)11-17(16)26)30-22(32)23-28-7-10-38-23/h3,5,7,10-11,15,21H,4,6,8-9,12-13H2,1-2H3,(H,29,31,35). The molecular weight excluding hydrogens is 567 g/mol. The molecule has 0 saturated carbocycles. The summed E-state index contributed by atoms with van der Waals surface area (Å²) in [7, 11) is 3.17. The van der Waals surface area contributed by atoms with Crippen molar-refractivity contribution in [1.29, 1.82) is 0 Å². The second-order valence-electron chi connectivity index (χ2n) is 9.08. The van der Waals surface area contributed by atoms with Gasteiger partial charge in [0.1, 0.15) is 17.7 Å². The second-order valence-corrected chi connectivity index (χ2v) is 11.1. The highest BCUT2D eigenvalue weighted by Gasteiger charge is 2.37. The van der Waals surface area contributed by atoms with Crippen LogP contribution in [0.5, 0.6) is 0 Å². The van der Waals surface area contributed by atoms with Crippen LogP contribution in [-0.2, 0) is 20.7 Å². The van der Waals surface area contributed by atoms with E-state index in [-0.39, 0.29) is 16.0 Å². The van der Waals surface area contributed by atoms with E-state index in [0.717, 1.165) is 11.5 Å². The van der Waals surface area contributed by atoms with Crippen molar-refractivity contribution in [1.82, 2.24) is 24.1 Å². The van der Waals surface area contributed by atoms with Crippen LogP contribution in [0.4, 0.5) is 4.39 Å². The molecule has 3 aromatic rings. The fourth-order valence-corrected chi connectivity index (χ4v) is 6.16. The van der Waals surface area contributed by atoms with Gasteiger partial charge in [-0.05, 0) is 18.6 Å². The highest BCUT2D eigenvalue weighted by molar-refractivity contribution is 7.11. The number of morpholine rings is 1. The van der Waals surface area contributed by atoms with Crippen molar-refractivity contribution in [3.63, 3.8) is 0 Å². The van der Waals surface area contributed by atoms with E-state index in [1.807, 2.05) is 17.3 Å². The number of likely N-dealkylation sites (N-methyl/N-ethyl adjacent to an activating group) is 1. The topological polar surface area (TPSA) is 113 Å². The van der Waals surface area contributed by atoms with Crippen LogP contribution in [0.1, 0.15) is 28.9 Å². The Labute approximate surface area is 236 Å². The Kier molecular flexibility index (Phi) is 8.52. The number of thiazole rings is 1. The molecule has 1 N–H and O–H groups in total. The number of carbonyl (C=O) groups is 1. The summed E-state index contributed by atoms with van der Waals surface area (Å²) in [6.07, 6.45) is 2.90. The molecule has 2 aliphatic rings. The molecule has 1 fully saturated rings. The summed E-state index contributed by atoms with van der Waals surface area (Å²) in [5.41, 5.74) is 1.52. The van der Waals surface area contributed by atoms with Crippen LogP contribution in [0.2, 0.25) is 5.02 Å². The van der Waals surface area contributed by atoms with Gasteiger partial charge in [0.15, 0.2) is 10.8 Å². The Morgan fingerprint density at radius 3 is 2.92 bits per heavy atom. The minimum atomic E-state index is -0.811. The molecule has 10 nitrogen and oxygen atoms in total. The quantitative estimate of drug-likeness (QED) is 0.397. The van der Waals surface area contributed by atoms with Crippen LogP contribution in [0.3, 0.4) is 0 Å². The van der Waals surface area contributed by atoms with Gasteiger partial charge >= 0.3 is 10.8 Å². The molecular formula is C25H26ClFN6O4S2. The summed E-state index contributed by atoms with van der Waals surface area (Å²) in [4.78, 5) is 40.6. The third-order valence-electron chi connectivity index (χ3n) is 6.63. The van der Waals surface area contributed by atoms with Gasteiger partial charge in [-0.3, -0.25) is 19.7 Å². The number of aliphatic imine (C=N–C) groups is 1. The van der Waals surface area contributed by atoms with Gasteiger partial charge in [0.25, 0.3) is 0 Å². The number of esters is 1. The van der Waals surface area contributed by atoms with Crippen LogP contribution in [0, 0.1) is 5.82 Å². The third kappa shape index (κ3) is 6.12. The first-order valence-corrected chi connectivity index (χ1v) is 14.2. The van der Waals surface area contributed by atoms with Gasteiger partial charge in [0.05, 0.1) is 25.4 Å². The predicted molar refractivity (Wildman–Crippen MR) is 147 cm³/mol. The summed E-state index contributed by atoms with van der Waals surface area (Å²) in [5.74, 6) is 0.208. The number of aryl methyl sites for hydroxylation is 1. The normalized spacial score (nSPS) is 20.3. The number of hydrogen-bond acceptors (Lipinski definition) is 11. The van der Waals surface area contributed by atoms with Crippen LogP contribution in [0.15, 0.2) is 50.8 Å². The summed E-state index contributed by atoms with van der Waals surface area (Å²) in [5, 5.41) is 2.70. The highest BCUT2D eigenvalue weighted by Crippen LogP contribution is 2.39. The zero-order chi connectivity index (χ0) is 27.5. The van der Waals surface area contributed by atoms with Crippen molar-refractivity contribution in [2.75, 3.05) is 40.4 Å². The maximum Gasteiger partial charge on any atom is 0.338 e. The molecule has 4 heterocycles. The van der Waals surface area contributed by atoms with Crippen LogP contribution in [-0.4, -0.2) is 82.4 Å². The molecule has 2 atom stereocenters. The number of benzene rings is 1. The molecule has 206 valence electrons. The number of carbonyl (C=O) groups excluding carboxylic acids is 1. The number of nitrogens with one attached hydrogen (secondary N) is 1. The molecule has 0 amide bonds. The zero-order valence-corrected chi connectivity index (χ0v) is 23.6. The van der Waals surface area contributed by atoms with Gasteiger partial charge in [0, 0.05) is 72.5 Å².